The first kappa shape index (κ1) is 18.1. The van der Waals surface area contributed by atoms with Gasteiger partial charge in [-0.3, -0.25) is 4.79 Å². The van der Waals surface area contributed by atoms with Gasteiger partial charge in [0, 0.05) is 14.3 Å². The summed E-state index contributed by atoms with van der Waals surface area (Å²) >= 11 is 6.60. The second-order valence-electron chi connectivity index (χ2n) is 5.15. The van der Waals surface area contributed by atoms with Crippen molar-refractivity contribution in [3.8, 4) is 17.7 Å². The molecule has 0 unspecified atom stereocenters. The number of fused-ring (bicyclic) bond motifs is 1. The van der Waals surface area contributed by atoms with E-state index in [1.54, 1.807) is 30.3 Å². The Bertz CT molecular complexity index is 1070. The zero-order chi connectivity index (χ0) is 18.7. The lowest BCUT2D eigenvalue weighted by Crippen LogP contribution is -2.08. The molecule has 0 aliphatic rings. The molecule has 130 valence electrons. The van der Waals surface area contributed by atoms with Crippen LogP contribution in [0.2, 0.25) is 0 Å². The monoisotopic (exact) mass is 476 g/mol. The van der Waals surface area contributed by atoms with E-state index in [1.807, 2.05) is 12.1 Å². The molecule has 0 saturated carbocycles. The molecular formula is C17H10Br2N4O3. The van der Waals surface area contributed by atoms with Gasteiger partial charge in [0.25, 0.3) is 0 Å². The Labute approximate surface area is 164 Å². The summed E-state index contributed by atoms with van der Waals surface area (Å²) < 4.78 is 6.86. The van der Waals surface area contributed by atoms with Crippen molar-refractivity contribution in [3.05, 3.63) is 50.9 Å². The number of amides is 1. The number of azo groups is 1. The van der Waals surface area contributed by atoms with Gasteiger partial charge in [0.1, 0.15) is 11.8 Å². The fraction of sp³-hybridized carbons (Fsp3) is 0.0588. The Morgan fingerprint density at radius 2 is 1.96 bits per heavy atom. The lowest BCUT2D eigenvalue weighted by Gasteiger charge is -2.05. The quantitative estimate of drug-likeness (QED) is 0.517. The molecule has 3 aromatic rings. The zero-order valence-electron chi connectivity index (χ0n) is 13.0. The number of halogens is 2. The average molecular weight is 478 g/mol. The Morgan fingerprint density at radius 1 is 1.23 bits per heavy atom. The minimum absolute atomic E-state index is 0.163. The van der Waals surface area contributed by atoms with Crippen LogP contribution in [0.5, 0.6) is 11.6 Å². The van der Waals surface area contributed by atoms with Crippen LogP contribution in [0.1, 0.15) is 5.56 Å². The molecule has 7 nitrogen and oxygen atoms in total. The molecule has 0 fully saturated rings. The van der Waals surface area contributed by atoms with Crippen molar-refractivity contribution in [2.24, 2.45) is 10.2 Å². The minimum Gasteiger partial charge on any atom is -0.493 e. The van der Waals surface area contributed by atoms with Crippen molar-refractivity contribution < 1.29 is 14.6 Å². The number of aromatic amines is 1. The van der Waals surface area contributed by atoms with Crippen LogP contribution in [-0.4, -0.2) is 22.6 Å². The first-order valence-electron chi connectivity index (χ1n) is 7.25. The molecule has 1 heterocycles. The Morgan fingerprint density at radius 3 is 2.73 bits per heavy atom. The van der Waals surface area contributed by atoms with Gasteiger partial charge in [-0.25, -0.2) is 0 Å². The van der Waals surface area contributed by atoms with E-state index in [4.69, 9.17) is 10.00 Å². The summed E-state index contributed by atoms with van der Waals surface area (Å²) in [4.78, 5) is 14.7. The molecule has 2 aromatic carbocycles. The van der Waals surface area contributed by atoms with E-state index in [-0.39, 0.29) is 23.9 Å². The largest absolute Gasteiger partial charge is 0.493 e. The number of benzene rings is 2. The average Bonchev–Trinajstić information content (AvgIpc) is 2.93. The van der Waals surface area contributed by atoms with Gasteiger partial charge in [-0.05, 0) is 36.4 Å². The Hall–Kier alpha value is -2.70. The number of rotatable bonds is 4. The topological polar surface area (TPSA) is 111 Å². The summed E-state index contributed by atoms with van der Waals surface area (Å²) in [5, 5.41) is 27.0. The fourth-order valence-corrected chi connectivity index (χ4v) is 2.95. The van der Waals surface area contributed by atoms with Gasteiger partial charge in [-0.1, -0.05) is 31.9 Å². The second-order valence-corrected chi connectivity index (χ2v) is 6.98. The molecule has 1 aromatic heterocycles. The van der Waals surface area contributed by atoms with Crippen molar-refractivity contribution in [1.82, 2.24) is 4.98 Å². The van der Waals surface area contributed by atoms with Gasteiger partial charge in [-0.15, -0.1) is 10.2 Å². The van der Waals surface area contributed by atoms with Crippen LogP contribution in [0, 0.1) is 11.3 Å². The summed E-state index contributed by atoms with van der Waals surface area (Å²) in [5.41, 5.74) is 1.12. The molecule has 26 heavy (non-hydrogen) atoms. The minimum atomic E-state index is -0.652. The fourth-order valence-electron chi connectivity index (χ4n) is 2.23. The Balaban J connectivity index is 1.74. The van der Waals surface area contributed by atoms with Gasteiger partial charge in [-0.2, -0.15) is 5.26 Å². The maximum atomic E-state index is 11.9. The molecule has 2 N–H and O–H groups in total. The maximum absolute atomic E-state index is 11.9. The molecule has 0 atom stereocenters. The van der Waals surface area contributed by atoms with E-state index in [9.17, 15) is 9.90 Å². The van der Waals surface area contributed by atoms with E-state index in [0.29, 0.717) is 16.5 Å². The van der Waals surface area contributed by atoms with E-state index in [1.165, 1.54) is 0 Å². The van der Waals surface area contributed by atoms with Crippen LogP contribution in [0.3, 0.4) is 0 Å². The number of carbonyl (C=O) groups excluding carboxylic acids is 1. The van der Waals surface area contributed by atoms with Gasteiger partial charge in [0.2, 0.25) is 5.88 Å². The molecule has 9 heteroatoms. The lowest BCUT2D eigenvalue weighted by atomic mass is 10.2. The van der Waals surface area contributed by atoms with Crippen LogP contribution in [0.15, 0.2) is 55.6 Å². The highest BCUT2D eigenvalue weighted by molar-refractivity contribution is 9.10. The number of aromatic nitrogens is 1. The molecule has 1 amide bonds. The summed E-state index contributed by atoms with van der Waals surface area (Å²) in [5.74, 6) is -0.561. The summed E-state index contributed by atoms with van der Waals surface area (Å²) in [6, 6.07) is 12.2. The molecule has 0 saturated heterocycles. The highest BCUT2D eigenvalue weighted by atomic mass is 79.9. The number of hydrogen-bond donors (Lipinski definition) is 2. The molecule has 0 spiro atoms. The van der Waals surface area contributed by atoms with Crippen molar-refractivity contribution in [1.29, 1.82) is 5.26 Å². The zero-order valence-corrected chi connectivity index (χ0v) is 16.2. The van der Waals surface area contributed by atoms with Crippen molar-refractivity contribution in [2.75, 3.05) is 6.61 Å². The number of aromatic hydroxyl groups is 1. The third-order valence-corrected chi connectivity index (χ3v) is 4.38. The van der Waals surface area contributed by atoms with Crippen molar-refractivity contribution in [3.63, 3.8) is 0 Å². The Kier molecular flexibility index (Phi) is 5.35. The highest BCUT2D eigenvalue weighted by Gasteiger charge is 2.12. The standard InChI is InChI=1S/C17H10Br2N4O3/c18-10-2-4-14(9(5-10)7-20)26-8-15(24)22-23-16-12-6-11(19)1-3-13(12)21-17(16)25/h1-6,21,25H,8H2. The molecule has 0 aliphatic heterocycles. The number of carbonyl (C=O) groups is 1. The number of H-pyrrole nitrogens is 1. The van der Waals surface area contributed by atoms with Crippen LogP contribution in [0.25, 0.3) is 10.9 Å². The highest BCUT2D eigenvalue weighted by Crippen LogP contribution is 2.36. The smallest absolute Gasteiger partial charge is 0.302 e. The van der Waals surface area contributed by atoms with Crippen LogP contribution in [-0.2, 0) is 4.79 Å². The van der Waals surface area contributed by atoms with Crippen LogP contribution in [0.4, 0.5) is 5.69 Å². The molecular weight excluding hydrogens is 468 g/mol. The van der Waals surface area contributed by atoms with Crippen LogP contribution >= 0.6 is 31.9 Å². The number of hydrogen-bond acceptors (Lipinski definition) is 5. The first-order chi connectivity index (χ1) is 12.5. The van der Waals surface area contributed by atoms with Gasteiger partial charge in [0.05, 0.1) is 11.1 Å². The van der Waals surface area contributed by atoms with E-state index >= 15 is 0 Å². The predicted octanol–water partition coefficient (Wildman–Crippen LogP) is 4.96. The lowest BCUT2D eigenvalue weighted by molar-refractivity contribution is -0.120. The van der Waals surface area contributed by atoms with E-state index in [0.717, 1.165) is 8.95 Å². The van der Waals surface area contributed by atoms with Crippen LogP contribution < -0.4 is 4.74 Å². The summed E-state index contributed by atoms with van der Waals surface area (Å²) in [7, 11) is 0. The van der Waals surface area contributed by atoms with Gasteiger partial charge >= 0.3 is 5.91 Å². The third-order valence-electron chi connectivity index (χ3n) is 3.39. The third kappa shape index (κ3) is 3.92. The van der Waals surface area contributed by atoms with E-state index < -0.39 is 5.91 Å². The maximum Gasteiger partial charge on any atom is 0.302 e. The van der Waals surface area contributed by atoms with Gasteiger partial charge in [0.15, 0.2) is 12.3 Å². The molecule has 0 bridgehead atoms. The summed E-state index contributed by atoms with van der Waals surface area (Å²) in [6.45, 7) is -0.382. The number of nitrogens with one attached hydrogen (secondary N) is 1. The second kappa shape index (κ2) is 7.68. The normalized spacial score (nSPS) is 11.0. The molecule has 3 rings (SSSR count). The summed E-state index contributed by atoms with van der Waals surface area (Å²) in [6.07, 6.45) is 0. The SMILES string of the molecule is N#Cc1cc(Br)ccc1OCC(=O)N=Nc1c(O)[nH]c2ccc(Br)cc12. The molecule has 0 aliphatic carbocycles. The van der Waals surface area contributed by atoms with Crippen molar-refractivity contribution >= 4 is 54.4 Å². The molecule has 0 radical (unpaired) electrons. The number of nitriles is 1. The number of nitrogens with zero attached hydrogens (tertiary/aromatic N) is 3. The first-order valence-corrected chi connectivity index (χ1v) is 8.83. The van der Waals surface area contributed by atoms with E-state index in [2.05, 4.69) is 47.1 Å². The number of ether oxygens (including phenoxy) is 1. The van der Waals surface area contributed by atoms with Crippen molar-refractivity contribution in [2.45, 2.75) is 0 Å². The predicted molar refractivity (Wildman–Crippen MR) is 102 cm³/mol. The van der Waals surface area contributed by atoms with Gasteiger partial charge < -0.3 is 14.8 Å².